The van der Waals surface area contributed by atoms with Crippen molar-refractivity contribution in [3.05, 3.63) is 70.2 Å². The second-order valence-electron chi connectivity index (χ2n) is 3.97. The van der Waals surface area contributed by atoms with Crippen LogP contribution >= 0.6 is 27.5 Å². The molecule has 0 aromatic heterocycles. The van der Waals surface area contributed by atoms with E-state index in [1.54, 1.807) is 18.2 Å². The summed E-state index contributed by atoms with van der Waals surface area (Å²) in [5, 5.41) is 0.111. The van der Waals surface area contributed by atoms with Crippen LogP contribution in [-0.2, 0) is 6.42 Å². The smallest absolute Gasteiger partial charge is 0.142 e. The highest BCUT2D eigenvalue weighted by Crippen LogP contribution is 2.29. The fourth-order valence-electron chi connectivity index (χ4n) is 1.65. The molecule has 0 bridgehead atoms. The molecule has 0 aliphatic carbocycles. The van der Waals surface area contributed by atoms with Crippen LogP contribution in [0.1, 0.15) is 16.0 Å². The summed E-state index contributed by atoms with van der Waals surface area (Å²) in [6.45, 7) is 0. The summed E-state index contributed by atoms with van der Waals surface area (Å²) in [5.74, 6) is -0.694. The molecule has 94 valence electrons. The highest BCUT2D eigenvalue weighted by molar-refractivity contribution is 9.09. The molecule has 4 heteroatoms. The average Bonchev–Trinajstić information content (AvgIpc) is 2.35. The zero-order valence-corrected chi connectivity index (χ0v) is 11.7. The topological polar surface area (TPSA) is 0 Å². The molecule has 2 rings (SSSR count). The van der Waals surface area contributed by atoms with E-state index in [0.717, 1.165) is 11.1 Å². The van der Waals surface area contributed by atoms with E-state index in [4.69, 9.17) is 11.6 Å². The van der Waals surface area contributed by atoms with E-state index in [0.29, 0.717) is 6.42 Å². The van der Waals surface area contributed by atoms with E-state index in [1.807, 2.05) is 0 Å². The first-order valence-corrected chi connectivity index (χ1v) is 6.69. The number of halogens is 4. The minimum absolute atomic E-state index is 0.0327. The zero-order chi connectivity index (χ0) is 13.1. The highest BCUT2D eigenvalue weighted by Gasteiger charge is 2.11. The van der Waals surface area contributed by atoms with Crippen molar-refractivity contribution < 1.29 is 8.78 Å². The minimum Gasteiger partial charge on any atom is -0.207 e. The lowest BCUT2D eigenvalue weighted by Crippen LogP contribution is -1.96. The molecule has 2 aromatic rings. The Kier molecular flexibility index (Phi) is 4.36. The molecule has 0 radical (unpaired) electrons. The van der Waals surface area contributed by atoms with Gasteiger partial charge in [0.2, 0.25) is 0 Å². The summed E-state index contributed by atoms with van der Waals surface area (Å²) in [5.41, 5.74) is 1.79. The minimum atomic E-state index is -0.433. The van der Waals surface area contributed by atoms with Crippen molar-refractivity contribution >= 4 is 27.5 Å². The summed E-state index contributed by atoms with van der Waals surface area (Å²) in [6, 6.07) is 11.0. The first-order chi connectivity index (χ1) is 8.56. The van der Waals surface area contributed by atoms with Gasteiger partial charge in [0.15, 0.2) is 0 Å². The lowest BCUT2D eigenvalue weighted by atomic mass is 10.0. The fraction of sp³-hybridized carbons (Fsp3) is 0.143. The quantitative estimate of drug-likeness (QED) is 0.670. The number of alkyl halides is 1. The molecule has 1 unspecified atom stereocenters. The van der Waals surface area contributed by atoms with Gasteiger partial charge >= 0.3 is 0 Å². The predicted octanol–water partition coefficient (Wildman–Crippen LogP) is 5.30. The summed E-state index contributed by atoms with van der Waals surface area (Å²) in [4.78, 5) is -0.0327. The van der Waals surface area contributed by atoms with Crippen LogP contribution in [0.25, 0.3) is 0 Å². The Morgan fingerprint density at radius 1 is 1.06 bits per heavy atom. The third kappa shape index (κ3) is 3.30. The molecule has 1 atom stereocenters. The third-order valence-electron chi connectivity index (χ3n) is 2.63. The van der Waals surface area contributed by atoms with Crippen molar-refractivity contribution in [3.8, 4) is 0 Å². The molecule has 0 aliphatic rings. The van der Waals surface area contributed by atoms with Gasteiger partial charge in [-0.25, -0.2) is 8.78 Å². The molecule has 0 saturated carbocycles. The molecule has 0 spiro atoms. The largest absolute Gasteiger partial charge is 0.207 e. The number of rotatable bonds is 3. The van der Waals surface area contributed by atoms with Crippen LogP contribution in [0, 0.1) is 11.6 Å². The summed E-state index contributed by atoms with van der Waals surface area (Å²) < 4.78 is 26.1. The Morgan fingerprint density at radius 3 is 2.33 bits per heavy atom. The molecule has 0 aliphatic heterocycles. The van der Waals surface area contributed by atoms with Crippen LogP contribution in [0.4, 0.5) is 8.78 Å². The number of benzene rings is 2. The van der Waals surface area contributed by atoms with Crippen LogP contribution in [-0.4, -0.2) is 0 Å². The van der Waals surface area contributed by atoms with Gasteiger partial charge in [0.25, 0.3) is 0 Å². The SMILES string of the molecule is Fc1ccc(CC(Br)c2ccc(Cl)c(F)c2)cc1. The van der Waals surface area contributed by atoms with Crippen molar-refractivity contribution in [2.45, 2.75) is 11.2 Å². The Morgan fingerprint density at radius 2 is 1.72 bits per heavy atom. The standard InChI is InChI=1S/C14H10BrClF2/c15-12(7-9-1-4-11(17)5-2-9)10-3-6-13(16)14(18)8-10/h1-6,8,12H,7H2. The first kappa shape index (κ1) is 13.5. The average molecular weight is 332 g/mol. The van der Waals surface area contributed by atoms with Crippen LogP contribution in [0.3, 0.4) is 0 Å². The summed E-state index contributed by atoms with van der Waals surface area (Å²) >= 11 is 9.13. The molecular weight excluding hydrogens is 322 g/mol. The fourth-order valence-corrected chi connectivity index (χ4v) is 2.43. The van der Waals surface area contributed by atoms with Crippen molar-refractivity contribution in [2.75, 3.05) is 0 Å². The molecule has 0 amide bonds. The molecule has 0 nitrogen and oxygen atoms in total. The maximum absolute atomic E-state index is 13.3. The Labute approximate surface area is 118 Å². The molecule has 2 aromatic carbocycles. The summed E-state index contributed by atoms with van der Waals surface area (Å²) in [6.07, 6.45) is 0.654. The Hall–Kier alpha value is -0.930. The van der Waals surface area contributed by atoms with Gasteiger partial charge in [-0.2, -0.15) is 0 Å². The van der Waals surface area contributed by atoms with Gasteiger partial charge < -0.3 is 0 Å². The first-order valence-electron chi connectivity index (χ1n) is 5.40. The molecular formula is C14H10BrClF2. The van der Waals surface area contributed by atoms with E-state index in [9.17, 15) is 8.78 Å². The van der Waals surface area contributed by atoms with Gasteiger partial charge in [0.1, 0.15) is 11.6 Å². The van der Waals surface area contributed by atoms with Gasteiger partial charge in [-0.15, -0.1) is 0 Å². The van der Waals surface area contributed by atoms with Gasteiger partial charge in [-0.05, 0) is 41.8 Å². The van der Waals surface area contributed by atoms with Crippen molar-refractivity contribution in [1.29, 1.82) is 0 Å². The molecule has 0 heterocycles. The summed E-state index contributed by atoms with van der Waals surface area (Å²) in [7, 11) is 0. The van der Waals surface area contributed by atoms with E-state index < -0.39 is 5.82 Å². The van der Waals surface area contributed by atoms with Gasteiger partial charge in [-0.3, -0.25) is 0 Å². The molecule has 0 N–H and O–H groups in total. The Balaban J connectivity index is 2.13. The molecule has 0 saturated heterocycles. The van der Waals surface area contributed by atoms with E-state index in [1.165, 1.54) is 24.3 Å². The van der Waals surface area contributed by atoms with Crippen molar-refractivity contribution in [2.24, 2.45) is 0 Å². The maximum Gasteiger partial charge on any atom is 0.142 e. The van der Waals surface area contributed by atoms with Crippen LogP contribution in [0.5, 0.6) is 0 Å². The normalized spacial score (nSPS) is 12.4. The highest BCUT2D eigenvalue weighted by atomic mass is 79.9. The van der Waals surface area contributed by atoms with Crippen molar-refractivity contribution in [3.63, 3.8) is 0 Å². The Bertz CT molecular complexity index is 540. The predicted molar refractivity (Wildman–Crippen MR) is 73.2 cm³/mol. The second-order valence-corrected chi connectivity index (χ2v) is 5.48. The van der Waals surface area contributed by atoms with Gasteiger partial charge in [-0.1, -0.05) is 45.7 Å². The van der Waals surface area contributed by atoms with Crippen molar-refractivity contribution in [1.82, 2.24) is 0 Å². The number of hydrogen-bond donors (Lipinski definition) is 0. The second kappa shape index (κ2) is 5.81. The van der Waals surface area contributed by atoms with E-state index in [2.05, 4.69) is 15.9 Å². The lowest BCUT2D eigenvalue weighted by Gasteiger charge is -2.11. The van der Waals surface area contributed by atoms with E-state index in [-0.39, 0.29) is 15.7 Å². The monoisotopic (exact) mass is 330 g/mol. The van der Waals surface area contributed by atoms with Gasteiger partial charge in [0.05, 0.1) is 5.02 Å². The maximum atomic E-state index is 13.3. The zero-order valence-electron chi connectivity index (χ0n) is 9.34. The van der Waals surface area contributed by atoms with Crippen LogP contribution in [0.15, 0.2) is 42.5 Å². The van der Waals surface area contributed by atoms with E-state index >= 15 is 0 Å². The van der Waals surface area contributed by atoms with Gasteiger partial charge in [0, 0.05) is 4.83 Å². The van der Waals surface area contributed by atoms with Crippen LogP contribution in [0.2, 0.25) is 5.02 Å². The van der Waals surface area contributed by atoms with Crippen LogP contribution < -0.4 is 0 Å². The number of hydrogen-bond acceptors (Lipinski definition) is 0. The lowest BCUT2D eigenvalue weighted by molar-refractivity contribution is 0.625. The molecule has 18 heavy (non-hydrogen) atoms. The third-order valence-corrected chi connectivity index (χ3v) is 3.79. The molecule has 0 fully saturated rings.